The lowest BCUT2D eigenvalue weighted by Gasteiger charge is -2.23. The molecule has 0 aliphatic carbocycles. The Balaban J connectivity index is 0.000000306. The number of nitrogens with zero attached hydrogens (tertiary/aromatic N) is 3. The number of aliphatic hydroxyl groups excluding tert-OH is 1. The van der Waals surface area contributed by atoms with Crippen LogP contribution in [0.15, 0.2) is 42.6 Å². The van der Waals surface area contributed by atoms with Gasteiger partial charge in [-0.25, -0.2) is 19.2 Å². The van der Waals surface area contributed by atoms with Gasteiger partial charge in [0.05, 0.1) is 36.7 Å². The van der Waals surface area contributed by atoms with Gasteiger partial charge in [-0.15, -0.1) is 12.4 Å². The number of rotatable bonds is 8. The molecule has 1 aromatic heterocycles. The molecule has 3 heterocycles. The van der Waals surface area contributed by atoms with E-state index in [-0.39, 0.29) is 37.5 Å². The van der Waals surface area contributed by atoms with Crippen LogP contribution in [0, 0.1) is 5.82 Å². The summed E-state index contributed by atoms with van der Waals surface area (Å²) in [5, 5.41) is 21.7. The number of aliphatic hydroxyl groups is 1. The molecule has 2 aliphatic heterocycles. The lowest BCUT2D eigenvalue weighted by molar-refractivity contribution is -0.141. The molecular weight excluding hydrogens is 604 g/mol. The van der Waals surface area contributed by atoms with Crippen LogP contribution in [-0.2, 0) is 16.1 Å². The zero-order valence-electron chi connectivity index (χ0n) is 23.6. The molecule has 43 heavy (non-hydrogen) atoms. The number of carbonyl (C=O) groups excluding carboxylic acids is 1. The highest BCUT2D eigenvalue weighted by Crippen LogP contribution is 2.32. The number of halogens is 3. The Bertz CT molecular complexity index is 1440. The number of aromatic nitrogens is 2. The molecule has 2 aliphatic rings. The molecule has 0 saturated carbocycles. The van der Waals surface area contributed by atoms with Gasteiger partial charge in [0, 0.05) is 43.0 Å². The van der Waals surface area contributed by atoms with Gasteiger partial charge in [-0.1, -0.05) is 23.7 Å². The predicted octanol–water partition coefficient (Wildman–Crippen LogP) is 4.07. The topological polar surface area (TPSA) is 160 Å². The van der Waals surface area contributed by atoms with Crippen molar-refractivity contribution in [3.8, 4) is 17.0 Å². The Morgan fingerprint density at radius 2 is 2.00 bits per heavy atom. The lowest BCUT2D eigenvalue weighted by atomic mass is 10.0. The molecule has 0 unspecified atom stereocenters. The number of fused-ring (bicyclic) bond motifs is 1. The summed E-state index contributed by atoms with van der Waals surface area (Å²) < 4.78 is 23.1. The Hall–Kier alpha value is -3.55. The van der Waals surface area contributed by atoms with Crippen molar-refractivity contribution >= 4 is 41.8 Å². The van der Waals surface area contributed by atoms with E-state index in [1.165, 1.54) is 31.1 Å². The lowest BCUT2D eigenvalue weighted by Crippen LogP contribution is -2.38. The molecule has 11 nitrogen and oxygen atoms in total. The number of ether oxygens (including phenoxy) is 2. The van der Waals surface area contributed by atoms with E-state index >= 15 is 0 Å². The number of carboxylic acid groups (broad SMARTS) is 1. The van der Waals surface area contributed by atoms with E-state index in [0.29, 0.717) is 52.3 Å². The first kappa shape index (κ1) is 33.9. The molecule has 0 bridgehead atoms. The minimum Gasteiger partial charge on any atom is -0.497 e. The number of nitrogens with one attached hydrogen (secondary N) is 1. The number of carboxylic acids is 1. The van der Waals surface area contributed by atoms with Crippen molar-refractivity contribution in [2.75, 3.05) is 32.2 Å². The van der Waals surface area contributed by atoms with Crippen molar-refractivity contribution in [2.45, 2.75) is 44.4 Å². The highest BCUT2D eigenvalue weighted by atomic mass is 35.5. The van der Waals surface area contributed by atoms with Crippen LogP contribution in [0.3, 0.4) is 0 Å². The third-order valence-corrected chi connectivity index (χ3v) is 7.37. The normalized spacial score (nSPS) is 15.9. The number of anilines is 1. The van der Waals surface area contributed by atoms with Crippen molar-refractivity contribution in [3.05, 3.63) is 70.1 Å². The van der Waals surface area contributed by atoms with Gasteiger partial charge in [0.1, 0.15) is 17.6 Å². The van der Waals surface area contributed by atoms with Crippen LogP contribution in [-0.4, -0.2) is 76.0 Å². The maximum Gasteiger partial charge on any atom is 0.326 e. The second-order valence-electron chi connectivity index (χ2n) is 9.95. The smallest absolute Gasteiger partial charge is 0.326 e. The van der Waals surface area contributed by atoms with Crippen molar-refractivity contribution in [1.29, 1.82) is 0 Å². The number of amides is 1. The Kier molecular flexibility index (Phi) is 12.0. The van der Waals surface area contributed by atoms with Crippen LogP contribution in [0.1, 0.15) is 47.3 Å². The number of nitrogens with two attached hydrogens (primary N) is 1. The standard InChI is InChI=1S/C20H21ClN4O4.C9H12FNO2.ClH/c1-11(19(27)28)25-10-13-3-2-12(8-15(13)18(25)26)17-16(21)9-22-20(24-17)23-14-4-6-29-7-5-14;1-13-8-3-6(9(11)5-12)2-7(10)4-8;/h2-3,8-9,11,14H,4-7,10H2,1H3,(H,27,28)(H,22,23,24);2-4,9,12H,5,11H2,1H3;1H/t11-;9-;/m11./s1. The average molecular weight is 639 g/mol. The SMILES string of the molecule is COc1cc(F)cc([C@H](N)CO)c1.C[C@H](C(=O)O)N1Cc2ccc(-c3nc(NC4CCOCC4)ncc3Cl)cc2C1=O.Cl. The van der Waals surface area contributed by atoms with E-state index in [1.807, 2.05) is 12.1 Å². The number of methoxy groups -OCH3 is 1. The van der Waals surface area contributed by atoms with E-state index in [9.17, 15) is 19.1 Å². The average Bonchev–Trinajstić information content (AvgIpc) is 3.33. The van der Waals surface area contributed by atoms with Gasteiger partial charge in [0.15, 0.2) is 0 Å². The van der Waals surface area contributed by atoms with Crippen molar-refractivity contribution in [1.82, 2.24) is 14.9 Å². The Morgan fingerprint density at radius 1 is 1.28 bits per heavy atom. The van der Waals surface area contributed by atoms with Gasteiger partial charge >= 0.3 is 5.97 Å². The Morgan fingerprint density at radius 3 is 2.65 bits per heavy atom. The summed E-state index contributed by atoms with van der Waals surface area (Å²) in [7, 11) is 1.45. The molecular formula is C29H34Cl2FN5O6. The van der Waals surface area contributed by atoms with Gasteiger partial charge in [0.2, 0.25) is 5.95 Å². The summed E-state index contributed by atoms with van der Waals surface area (Å²) in [6, 6.07) is 8.31. The monoisotopic (exact) mass is 637 g/mol. The number of aliphatic carboxylic acids is 1. The first-order valence-electron chi connectivity index (χ1n) is 13.4. The quantitative estimate of drug-likeness (QED) is 0.283. The summed E-state index contributed by atoms with van der Waals surface area (Å²) >= 11 is 6.34. The van der Waals surface area contributed by atoms with Gasteiger partial charge < -0.3 is 35.6 Å². The number of hydrogen-bond donors (Lipinski definition) is 4. The maximum atomic E-state index is 12.9. The summed E-state index contributed by atoms with van der Waals surface area (Å²) in [5.41, 5.74) is 8.52. The van der Waals surface area contributed by atoms with Crippen LogP contribution >= 0.6 is 24.0 Å². The first-order chi connectivity index (χ1) is 20.1. The molecule has 3 aromatic rings. The van der Waals surface area contributed by atoms with E-state index in [1.54, 1.807) is 18.3 Å². The fourth-order valence-corrected chi connectivity index (χ4v) is 4.80. The summed E-state index contributed by atoms with van der Waals surface area (Å²) in [6.45, 7) is 2.97. The van der Waals surface area contributed by atoms with Crippen molar-refractivity contribution in [2.24, 2.45) is 5.73 Å². The zero-order valence-corrected chi connectivity index (χ0v) is 25.2. The summed E-state index contributed by atoms with van der Waals surface area (Å²) in [4.78, 5) is 34.2. The number of hydrogen-bond acceptors (Lipinski definition) is 9. The van der Waals surface area contributed by atoms with Crippen LogP contribution in [0.2, 0.25) is 5.02 Å². The molecule has 0 radical (unpaired) electrons. The van der Waals surface area contributed by atoms with Crippen LogP contribution in [0.25, 0.3) is 11.3 Å². The minimum atomic E-state index is -1.03. The predicted molar refractivity (Wildman–Crippen MR) is 161 cm³/mol. The van der Waals surface area contributed by atoms with Crippen molar-refractivity contribution in [3.63, 3.8) is 0 Å². The maximum absolute atomic E-state index is 12.9. The van der Waals surface area contributed by atoms with Crippen molar-refractivity contribution < 1.29 is 33.7 Å². The Labute approximate surface area is 259 Å². The molecule has 5 N–H and O–H groups in total. The van der Waals surface area contributed by atoms with E-state index < -0.39 is 23.9 Å². The number of benzene rings is 2. The highest BCUT2D eigenvalue weighted by Gasteiger charge is 2.34. The molecule has 1 amide bonds. The fourth-order valence-electron chi connectivity index (χ4n) is 4.60. The largest absolute Gasteiger partial charge is 0.497 e. The highest BCUT2D eigenvalue weighted by molar-refractivity contribution is 6.33. The molecule has 1 saturated heterocycles. The second kappa shape index (κ2) is 15.3. The van der Waals surface area contributed by atoms with E-state index in [4.69, 9.17) is 31.9 Å². The zero-order chi connectivity index (χ0) is 30.4. The molecule has 2 atom stereocenters. The third-order valence-electron chi connectivity index (χ3n) is 7.09. The minimum absolute atomic E-state index is 0. The second-order valence-corrected chi connectivity index (χ2v) is 10.4. The van der Waals surface area contributed by atoms with Gasteiger partial charge in [-0.3, -0.25) is 4.79 Å². The molecule has 1 fully saturated rings. The van der Waals surface area contributed by atoms with Gasteiger partial charge in [0.25, 0.3) is 5.91 Å². The van der Waals surface area contributed by atoms with E-state index in [2.05, 4.69) is 15.3 Å². The summed E-state index contributed by atoms with van der Waals surface area (Å²) in [5.74, 6) is -0.877. The summed E-state index contributed by atoms with van der Waals surface area (Å²) in [6.07, 6.45) is 3.30. The van der Waals surface area contributed by atoms with E-state index in [0.717, 1.165) is 18.4 Å². The molecule has 0 spiro atoms. The molecule has 5 rings (SSSR count). The molecule has 2 aromatic carbocycles. The third kappa shape index (κ3) is 8.30. The molecule has 232 valence electrons. The van der Waals surface area contributed by atoms with Gasteiger partial charge in [-0.2, -0.15) is 0 Å². The van der Waals surface area contributed by atoms with Gasteiger partial charge in [-0.05, 0) is 49.1 Å². The first-order valence-corrected chi connectivity index (χ1v) is 13.7. The fraction of sp³-hybridized carbons (Fsp3) is 0.379. The number of carbonyl (C=O) groups is 2. The van der Waals surface area contributed by atoms with Crippen LogP contribution in [0.5, 0.6) is 5.75 Å². The molecule has 14 heteroatoms. The van der Waals surface area contributed by atoms with Crippen LogP contribution < -0.4 is 15.8 Å². The van der Waals surface area contributed by atoms with Crippen LogP contribution in [0.4, 0.5) is 10.3 Å².